The van der Waals surface area contributed by atoms with Crippen molar-refractivity contribution >= 4 is 45.3 Å². The van der Waals surface area contributed by atoms with Gasteiger partial charge in [0.1, 0.15) is 16.3 Å². The van der Waals surface area contributed by atoms with E-state index in [0.29, 0.717) is 26.8 Å². The second-order valence-electron chi connectivity index (χ2n) is 5.80. The van der Waals surface area contributed by atoms with E-state index in [-0.39, 0.29) is 5.56 Å². The van der Waals surface area contributed by atoms with Gasteiger partial charge in [-0.1, -0.05) is 41.9 Å². The van der Waals surface area contributed by atoms with Crippen LogP contribution in [0, 0.1) is 0 Å². The molecule has 0 bridgehead atoms. The molecule has 4 aromatic rings. The maximum atomic E-state index is 13.1. The summed E-state index contributed by atoms with van der Waals surface area (Å²) in [5.74, 6) is 1.31. The summed E-state index contributed by atoms with van der Waals surface area (Å²) in [4.78, 5) is 17.7. The van der Waals surface area contributed by atoms with Crippen molar-refractivity contribution in [1.29, 1.82) is 0 Å². The molecule has 0 unspecified atom stereocenters. The van der Waals surface area contributed by atoms with E-state index in [1.807, 2.05) is 66.1 Å². The van der Waals surface area contributed by atoms with Crippen molar-refractivity contribution in [1.82, 2.24) is 9.55 Å². The van der Waals surface area contributed by atoms with Gasteiger partial charge < -0.3 is 4.74 Å². The lowest BCUT2D eigenvalue weighted by atomic mass is 10.2. The van der Waals surface area contributed by atoms with Crippen molar-refractivity contribution < 1.29 is 4.74 Å². The Balaban J connectivity index is 1.88. The molecule has 0 spiro atoms. The van der Waals surface area contributed by atoms with Gasteiger partial charge in [0, 0.05) is 0 Å². The van der Waals surface area contributed by atoms with Crippen LogP contribution in [0.15, 0.2) is 64.8 Å². The topological polar surface area (TPSA) is 44.1 Å². The zero-order chi connectivity index (χ0) is 18.8. The molecule has 0 saturated heterocycles. The number of methoxy groups -OCH3 is 1. The number of thiophene rings is 1. The van der Waals surface area contributed by atoms with Gasteiger partial charge in [0.15, 0.2) is 0 Å². The molecule has 0 atom stereocenters. The standard InChI is InChI=1S/C21H15ClN2O2S/c1-26-15-9-6-14(7-10-15)8-11-19-23-17-12-13-27-20(17)21(25)24(19)18-5-3-2-4-16(18)22/h2-13H,1H3. The molecule has 0 saturated carbocycles. The molecule has 4 rings (SSSR count). The van der Waals surface area contributed by atoms with Gasteiger partial charge in [0.25, 0.3) is 5.56 Å². The summed E-state index contributed by atoms with van der Waals surface area (Å²) < 4.78 is 7.35. The second-order valence-corrected chi connectivity index (χ2v) is 7.13. The van der Waals surface area contributed by atoms with E-state index in [9.17, 15) is 4.79 Å². The van der Waals surface area contributed by atoms with Crippen molar-refractivity contribution in [2.75, 3.05) is 7.11 Å². The Morgan fingerprint density at radius 2 is 1.85 bits per heavy atom. The summed E-state index contributed by atoms with van der Waals surface area (Å²) >= 11 is 7.74. The Bertz CT molecular complexity index is 1190. The number of aromatic nitrogens is 2. The van der Waals surface area contributed by atoms with Crippen molar-refractivity contribution in [2.24, 2.45) is 0 Å². The molecule has 27 heavy (non-hydrogen) atoms. The van der Waals surface area contributed by atoms with Gasteiger partial charge >= 0.3 is 0 Å². The number of para-hydroxylation sites is 1. The first-order chi connectivity index (χ1) is 13.2. The first kappa shape index (κ1) is 17.5. The molecule has 2 aromatic heterocycles. The summed E-state index contributed by atoms with van der Waals surface area (Å²) in [6, 6.07) is 16.8. The van der Waals surface area contributed by atoms with Crippen LogP contribution in [0.25, 0.3) is 28.1 Å². The minimum Gasteiger partial charge on any atom is -0.497 e. The van der Waals surface area contributed by atoms with E-state index in [1.54, 1.807) is 17.7 Å². The molecule has 0 aliphatic heterocycles. The second kappa shape index (κ2) is 7.39. The first-order valence-corrected chi connectivity index (χ1v) is 9.50. The van der Waals surface area contributed by atoms with Crippen LogP contribution in [0.1, 0.15) is 11.4 Å². The summed E-state index contributed by atoms with van der Waals surface area (Å²) in [5.41, 5.74) is 2.14. The third kappa shape index (κ3) is 3.39. The molecule has 0 fully saturated rings. The molecule has 2 heterocycles. The Kier molecular flexibility index (Phi) is 4.79. The fraction of sp³-hybridized carbons (Fsp3) is 0.0476. The zero-order valence-corrected chi connectivity index (χ0v) is 16.0. The Labute approximate surface area is 165 Å². The highest BCUT2D eigenvalue weighted by molar-refractivity contribution is 7.17. The minimum atomic E-state index is -0.127. The van der Waals surface area contributed by atoms with E-state index in [1.165, 1.54) is 11.3 Å². The van der Waals surface area contributed by atoms with E-state index in [0.717, 1.165) is 11.3 Å². The number of halogens is 1. The van der Waals surface area contributed by atoms with Crippen molar-refractivity contribution in [3.63, 3.8) is 0 Å². The SMILES string of the molecule is COc1ccc(C=Cc2nc3ccsc3c(=O)n2-c2ccccc2Cl)cc1. The zero-order valence-electron chi connectivity index (χ0n) is 14.4. The van der Waals surface area contributed by atoms with Gasteiger partial charge in [-0.2, -0.15) is 0 Å². The molecular formula is C21H15ClN2O2S. The van der Waals surface area contributed by atoms with E-state index in [4.69, 9.17) is 16.3 Å². The van der Waals surface area contributed by atoms with Crippen molar-refractivity contribution in [2.45, 2.75) is 0 Å². The maximum Gasteiger partial charge on any atom is 0.276 e. The number of rotatable bonds is 4. The summed E-state index contributed by atoms with van der Waals surface area (Å²) in [6.07, 6.45) is 3.73. The largest absolute Gasteiger partial charge is 0.497 e. The molecule has 6 heteroatoms. The van der Waals surface area contributed by atoms with E-state index in [2.05, 4.69) is 4.98 Å². The van der Waals surface area contributed by atoms with Gasteiger partial charge in [-0.3, -0.25) is 9.36 Å². The number of benzene rings is 2. The first-order valence-electron chi connectivity index (χ1n) is 8.24. The minimum absolute atomic E-state index is 0.127. The van der Waals surface area contributed by atoms with Gasteiger partial charge in [0.05, 0.1) is 23.3 Å². The van der Waals surface area contributed by atoms with Gasteiger partial charge in [-0.05, 0) is 47.4 Å². The third-order valence-electron chi connectivity index (χ3n) is 4.14. The fourth-order valence-corrected chi connectivity index (χ4v) is 3.77. The Morgan fingerprint density at radius 3 is 2.59 bits per heavy atom. The fourth-order valence-electron chi connectivity index (χ4n) is 2.79. The van der Waals surface area contributed by atoms with Gasteiger partial charge in [-0.15, -0.1) is 11.3 Å². The highest BCUT2D eigenvalue weighted by Gasteiger charge is 2.14. The quantitative estimate of drug-likeness (QED) is 0.473. The molecule has 0 amide bonds. The summed E-state index contributed by atoms with van der Waals surface area (Å²) in [7, 11) is 1.63. The molecule has 0 aliphatic rings. The van der Waals surface area contributed by atoms with Crippen LogP contribution >= 0.6 is 22.9 Å². The third-order valence-corrected chi connectivity index (χ3v) is 5.35. The normalized spacial score (nSPS) is 11.3. The number of nitrogens with zero attached hydrogens (tertiary/aromatic N) is 2. The number of hydrogen-bond donors (Lipinski definition) is 0. The monoisotopic (exact) mass is 394 g/mol. The van der Waals surface area contributed by atoms with Crippen LogP contribution in [0.5, 0.6) is 5.75 Å². The van der Waals surface area contributed by atoms with Crippen molar-refractivity contribution in [3.8, 4) is 11.4 Å². The molecule has 0 radical (unpaired) electrons. The molecule has 0 aliphatic carbocycles. The average Bonchev–Trinajstić information content (AvgIpc) is 3.17. The molecular weight excluding hydrogens is 380 g/mol. The van der Waals surface area contributed by atoms with E-state index < -0.39 is 0 Å². The van der Waals surface area contributed by atoms with Crippen LogP contribution in [0.4, 0.5) is 0 Å². The van der Waals surface area contributed by atoms with Gasteiger partial charge in [-0.25, -0.2) is 4.98 Å². The van der Waals surface area contributed by atoms with Crippen LogP contribution in [-0.2, 0) is 0 Å². The lowest BCUT2D eigenvalue weighted by Crippen LogP contribution is -2.21. The molecule has 4 nitrogen and oxygen atoms in total. The Morgan fingerprint density at radius 1 is 1.07 bits per heavy atom. The van der Waals surface area contributed by atoms with Crippen LogP contribution < -0.4 is 10.3 Å². The number of ether oxygens (including phenoxy) is 1. The lowest BCUT2D eigenvalue weighted by Gasteiger charge is -2.11. The molecule has 0 N–H and O–H groups in total. The highest BCUT2D eigenvalue weighted by atomic mass is 35.5. The maximum absolute atomic E-state index is 13.1. The molecule has 2 aromatic carbocycles. The number of hydrogen-bond acceptors (Lipinski definition) is 4. The van der Waals surface area contributed by atoms with Crippen LogP contribution in [-0.4, -0.2) is 16.7 Å². The van der Waals surface area contributed by atoms with Crippen molar-refractivity contribution in [3.05, 3.63) is 86.7 Å². The van der Waals surface area contributed by atoms with Gasteiger partial charge in [0.2, 0.25) is 0 Å². The highest BCUT2D eigenvalue weighted by Crippen LogP contribution is 2.23. The van der Waals surface area contributed by atoms with Crippen LogP contribution in [0.2, 0.25) is 5.02 Å². The average molecular weight is 395 g/mol. The predicted molar refractivity (Wildman–Crippen MR) is 112 cm³/mol. The summed E-state index contributed by atoms with van der Waals surface area (Å²) in [5, 5.41) is 2.36. The number of fused-ring (bicyclic) bond motifs is 1. The predicted octanol–water partition coefficient (Wildman–Crippen LogP) is 5.28. The lowest BCUT2D eigenvalue weighted by molar-refractivity contribution is 0.415. The molecule has 134 valence electrons. The Hall–Kier alpha value is -2.89. The van der Waals surface area contributed by atoms with Crippen LogP contribution in [0.3, 0.4) is 0 Å². The van der Waals surface area contributed by atoms with E-state index >= 15 is 0 Å². The summed E-state index contributed by atoms with van der Waals surface area (Å²) in [6.45, 7) is 0. The smallest absolute Gasteiger partial charge is 0.276 e.